The lowest BCUT2D eigenvalue weighted by atomic mass is 10.2. The van der Waals surface area contributed by atoms with Gasteiger partial charge in [0.15, 0.2) is 5.11 Å². The Morgan fingerprint density at radius 1 is 1.14 bits per heavy atom. The standard InChI is InChI=1S/C19H18ClN3O3S2/c1-2-13-21-28(25,26)16-10-8-15(9-11-16)22-19(27)23-18(24)12-7-14-5-3-4-6-17(14)20/h2-12,21H,1,13H2,(H2,22,23,24,27). The molecular weight excluding hydrogens is 418 g/mol. The molecule has 28 heavy (non-hydrogen) atoms. The molecule has 0 aromatic heterocycles. The summed E-state index contributed by atoms with van der Waals surface area (Å²) in [5.41, 5.74) is 1.24. The minimum absolute atomic E-state index is 0.0780. The molecule has 2 rings (SSSR count). The average molecular weight is 436 g/mol. The molecule has 1 amide bonds. The van der Waals surface area contributed by atoms with E-state index in [4.69, 9.17) is 23.8 Å². The average Bonchev–Trinajstić information content (AvgIpc) is 2.66. The summed E-state index contributed by atoms with van der Waals surface area (Å²) < 4.78 is 26.4. The Labute approximate surface area is 174 Å². The monoisotopic (exact) mass is 435 g/mol. The second-order valence-corrected chi connectivity index (χ2v) is 8.05. The summed E-state index contributed by atoms with van der Waals surface area (Å²) in [7, 11) is -3.60. The van der Waals surface area contributed by atoms with Gasteiger partial charge in [0, 0.05) is 23.3 Å². The van der Waals surface area contributed by atoms with E-state index in [0.717, 1.165) is 0 Å². The third kappa shape index (κ3) is 6.58. The molecule has 6 nitrogen and oxygen atoms in total. The number of rotatable bonds is 7. The largest absolute Gasteiger partial charge is 0.332 e. The zero-order valence-electron chi connectivity index (χ0n) is 14.7. The third-order valence-electron chi connectivity index (χ3n) is 3.40. The van der Waals surface area contributed by atoms with Crippen LogP contribution >= 0.6 is 23.8 Å². The smallest absolute Gasteiger partial charge is 0.250 e. The number of thiocarbonyl (C=S) groups is 1. The highest BCUT2D eigenvalue weighted by atomic mass is 35.5. The van der Waals surface area contributed by atoms with Crippen molar-refractivity contribution in [3.05, 3.63) is 77.8 Å². The first-order chi connectivity index (χ1) is 13.3. The normalized spacial score (nSPS) is 11.2. The Balaban J connectivity index is 1.93. The van der Waals surface area contributed by atoms with Gasteiger partial charge in [0.1, 0.15) is 0 Å². The van der Waals surface area contributed by atoms with Crippen LogP contribution in [-0.4, -0.2) is 26.0 Å². The quantitative estimate of drug-likeness (QED) is 0.353. The van der Waals surface area contributed by atoms with Crippen molar-refractivity contribution in [1.29, 1.82) is 0 Å². The number of hydrogen-bond donors (Lipinski definition) is 3. The lowest BCUT2D eigenvalue weighted by molar-refractivity contribution is -0.115. The molecule has 0 spiro atoms. The minimum atomic E-state index is -3.60. The summed E-state index contributed by atoms with van der Waals surface area (Å²) >= 11 is 11.1. The molecule has 0 unspecified atom stereocenters. The first kappa shape index (κ1) is 21.8. The van der Waals surface area contributed by atoms with Gasteiger partial charge in [-0.05, 0) is 54.2 Å². The van der Waals surface area contributed by atoms with Gasteiger partial charge in [-0.2, -0.15) is 0 Å². The van der Waals surface area contributed by atoms with Crippen LogP contribution in [0.1, 0.15) is 5.56 Å². The van der Waals surface area contributed by atoms with Crippen LogP contribution in [0, 0.1) is 0 Å². The molecule has 0 bridgehead atoms. The van der Waals surface area contributed by atoms with Gasteiger partial charge in [0.2, 0.25) is 15.9 Å². The van der Waals surface area contributed by atoms with Crippen LogP contribution in [0.5, 0.6) is 0 Å². The number of sulfonamides is 1. The number of carbonyl (C=O) groups is 1. The van der Waals surface area contributed by atoms with Crippen LogP contribution in [-0.2, 0) is 14.8 Å². The van der Waals surface area contributed by atoms with Crippen molar-refractivity contribution in [2.24, 2.45) is 0 Å². The fraction of sp³-hybridized carbons (Fsp3) is 0.0526. The minimum Gasteiger partial charge on any atom is -0.332 e. The molecule has 0 fully saturated rings. The van der Waals surface area contributed by atoms with E-state index in [2.05, 4.69) is 21.9 Å². The van der Waals surface area contributed by atoms with Gasteiger partial charge in [-0.15, -0.1) is 6.58 Å². The number of benzene rings is 2. The van der Waals surface area contributed by atoms with Crippen LogP contribution in [0.25, 0.3) is 6.08 Å². The first-order valence-corrected chi connectivity index (χ1v) is 10.3. The van der Waals surface area contributed by atoms with Gasteiger partial charge in [0.05, 0.1) is 4.90 Å². The topological polar surface area (TPSA) is 87.3 Å². The fourth-order valence-electron chi connectivity index (χ4n) is 2.06. The summed E-state index contributed by atoms with van der Waals surface area (Å²) in [5, 5.41) is 5.92. The number of anilines is 1. The number of amides is 1. The summed E-state index contributed by atoms with van der Waals surface area (Å²) in [6.07, 6.45) is 4.35. The summed E-state index contributed by atoms with van der Waals surface area (Å²) in [5.74, 6) is -0.426. The van der Waals surface area contributed by atoms with E-state index < -0.39 is 15.9 Å². The van der Waals surface area contributed by atoms with Gasteiger partial charge in [-0.1, -0.05) is 35.9 Å². The second kappa shape index (κ2) is 10.1. The van der Waals surface area contributed by atoms with Gasteiger partial charge in [0.25, 0.3) is 0 Å². The lowest BCUT2D eigenvalue weighted by Crippen LogP contribution is -2.32. The molecule has 0 heterocycles. The zero-order valence-corrected chi connectivity index (χ0v) is 17.1. The lowest BCUT2D eigenvalue weighted by Gasteiger charge is -2.09. The predicted octanol–water partition coefficient (Wildman–Crippen LogP) is 3.33. The molecule has 0 saturated carbocycles. The molecule has 0 saturated heterocycles. The molecule has 2 aromatic rings. The molecule has 0 aliphatic carbocycles. The SMILES string of the molecule is C=CCNS(=O)(=O)c1ccc(NC(=S)NC(=O)C=Cc2ccccc2Cl)cc1. The summed E-state index contributed by atoms with van der Waals surface area (Å²) in [6.45, 7) is 3.60. The Morgan fingerprint density at radius 3 is 2.46 bits per heavy atom. The molecule has 0 aliphatic rings. The molecule has 2 aromatic carbocycles. The molecule has 0 atom stereocenters. The first-order valence-electron chi connectivity index (χ1n) is 8.07. The van der Waals surface area contributed by atoms with E-state index in [1.807, 2.05) is 6.07 Å². The van der Waals surface area contributed by atoms with Gasteiger partial charge < -0.3 is 5.32 Å². The fourth-order valence-corrected chi connectivity index (χ4v) is 3.48. The summed E-state index contributed by atoms with van der Waals surface area (Å²) in [4.78, 5) is 12.1. The van der Waals surface area contributed by atoms with Crippen LogP contribution in [0.15, 0.2) is 72.2 Å². The van der Waals surface area contributed by atoms with Crippen LogP contribution in [0.3, 0.4) is 0 Å². The van der Waals surface area contributed by atoms with E-state index in [9.17, 15) is 13.2 Å². The number of halogens is 1. The van der Waals surface area contributed by atoms with Crippen LogP contribution in [0.4, 0.5) is 5.69 Å². The van der Waals surface area contributed by atoms with E-state index in [0.29, 0.717) is 16.3 Å². The maximum Gasteiger partial charge on any atom is 0.250 e. The third-order valence-corrected chi connectivity index (χ3v) is 5.38. The molecule has 9 heteroatoms. The Kier molecular flexibility index (Phi) is 7.89. The highest BCUT2D eigenvalue weighted by Gasteiger charge is 2.12. The second-order valence-electron chi connectivity index (χ2n) is 5.46. The number of nitrogens with one attached hydrogen (secondary N) is 3. The molecule has 0 radical (unpaired) electrons. The van der Waals surface area contributed by atoms with Gasteiger partial charge in [-0.3, -0.25) is 10.1 Å². The van der Waals surface area contributed by atoms with E-state index in [1.165, 1.54) is 24.3 Å². The van der Waals surface area contributed by atoms with Crippen molar-refractivity contribution in [2.45, 2.75) is 4.90 Å². The van der Waals surface area contributed by atoms with Crippen molar-refractivity contribution in [3.63, 3.8) is 0 Å². The highest BCUT2D eigenvalue weighted by Crippen LogP contribution is 2.16. The molecular formula is C19H18ClN3O3S2. The van der Waals surface area contributed by atoms with E-state index >= 15 is 0 Å². The maximum absolute atomic E-state index is 12.0. The summed E-state index contributed by atoms with van der Waals surface area (Å²) in [6, 6.07) is 13.0. The van der Waals surface area contributed by atoms with Gasteiger partial charge in [-0.25, -0.2) is 13.1 Å². The van der Waals surface area contributed by atoms with Crippen molar-refractivity contribution in [1.82, 2.24) is 10.0 Å². The van der Waals surface area contributed by atoms with E-state index in [1.54, 1.807) is 36.4 Å². The van der Waals surface area contributed by atoms with E-state index in [-0.39, 0.29) is 16.6 Å². The van der Waals surface area contributed by atoms with Crippen molar-refractivity contribution >= 4 is 56.6 Å². The number of hydrogen-bond acceptors (Lipinski definition) is 4. The van der Waals surface area contributed by atoms with Crippen molar-refractivity contribution < 1.29 is 13.2 Å². The predicted molar refractivity (Wildman–Crippen MR) is 117 cm³/mol. The molecule has 3 N–H and O–H groups in total. The highest BCUT2D eigenvalue weighted by molar-refractivity contribution is 7.89. The Bertz CT molecular complexity index is 1000. The van der Waals surface area contributed by atoms with Gasteiger partial charge >= 0.3 is 0 Å². The van der Waals surface area contributed by atoms with Crippen LogP contribution in [0.2, 0.25) is 5.02 Å². The number of carbonyl (C=O) groups excluding carboxylic acids is 1. The Hall–Kier alpha value is -2.52. The van der Waals surface area contributed by atoms with Crippen LogP contribution < -0.4 is 15.4 Å². The van der Waals surface area contributed by atoms with Crippen molar-refractivity contribution in [3.8, 4) is 0 Å². The molecule has 146 valence electrons. The maximum atomic E-state index is 12.0. The Morgan fingerprint density at radius 2 is 1.82 bits per heavy atom. The molecule has 0 aliphatic heterocycles. The zero-order chi connectivity index (χ0) is 20.6. The van der Waals surface area contributed by atoms with Crippen molar-refractivity contribution in [2.75, 3.05) is 11.9 Å².